The van der Waals surface area contributed by atoms with E-state index in [1.165, 1.54) is 6.92 Å². The van der Waals surface area contributed by atoms with Crippen LogP contribution in [0.4, 0.5) is 11.4 Å². The molecule has 0 radical (unpaired) electrons. The highest BCUT2D eigenvalue weighted by atomic mass is 16.2. The number of hydrogen-bond acceptors (Lipinski definition) is 4. The molecule has 0 aliphatic heterocycles. The van der Waals surface area contributed by atoms with Gasteiger partial charge in [0.2, 0.25) is 11.9 Å². The van der Waals surface area contributed by atoms with E-state index in [2.05, 4.69) is 25.9 Å². The first kappa shape index (κ1) is 19.8. The second-order valence-electron chi connectivity index (χ2n) is 6.23. The zero-order chi connectivity index (χ0) is 20.5. The van der Waals surface area contributed by atoms with Gasteiger partial charge in [0.1, 0.15) is 0 Å². The first-order valence-corrected chi connectivity index (χ1v) is 9.04. The molecule has 29 heavy (non-hydrogen) atoms. The zero-order valence-electron chi connectivity index (χ0n) is 15.9. The molecule has 7 nitrogen and oxygen atoms in total. The Morgan fingerprint density at radius 1 is 0.897 bits per heavy atom. The SMILES string of the molecule is CC(=O)Nc1cccc(C(=O)NC(=NCc2ccncc2)Nc2ccccc2)c1. The topological polar surface area (TPSA) is 95.5 Å². The van der Waals surface area contributed by atoms with Gasteiger partial charge in [0, 0.05) is 36.3 Å². The molecule has 0 unspecified atom stereocenters. The monoisotopic (exact) mass is 387 g/mol. The minimum Gasteiger partial charge on any atom is -0.326 e. The molecule has 0 spiro atoms. The van der Waals surface area contributed by atoms with E-state index < -0.39 is 0 Å². The van der Waals surface area contributed by atoms with Crippen LogP contribution in [0.25, 0.3) is 0 Å². The van der Waals surface area contributed by atoms with Gasteiger partial charge in [-0.25, -0.2) is 4.99 Å². The molecule has 3 N–H and O–H groups in total. The van der Waals surface area contributed by atoms with Crippen LogP contribution in [0.2, 0.25) is 0 Å². The van der Waals surface area contributed by atoms with Gasteiger partial charge in [-0.1, -0.05) is 24.3 Å². The molecule has 3 aromatic rings. The third-order valence-electron chi connectivity index (χ3n) is 3.88. The number of para-hydroxylation sites is 1. The summed E-state index contributed by atoms with van der Waals surface area (Å²) >= 11 is 0. The van der Waals surface area contributed by atoms with Crippen LogP contribution in [0.3, 0.4) is 0 Å². The van der Waals surface area contributed by atoms with Crippen molar-refractivity contribution in [3.05, 3.63) is 90.3 Å². The van der Waals surface area contributed by atoms with Gasteiger partial charge in [-0.3, -0.25) is 19.9 Å². The lowest BCUT2D eigenvalue weighted by molar-refractivity contribution is -0.114. The normalized spacial score (nSPS) is 10.9. The van der Waals surface area contributed by atoms with Crippen LogP contribution in [0, 0.1) is 0 Å². The lowest BCUT2D eigenvalue weighted by atomic mass is 10.2. The van der Waals surface area contributed by atoms with Crippen molar-refractivity contribution in [2.24, 2.45) is 4.99 Å². The Kier molecular flexibility index (Phi) is 6.67. The predicted molar refractivity (Wildman–Crippen MR) is 114 cm³/mol. The average Bonchev–Trinajstić information content (AvgIpc) is 2.73. The van der Waals surface area contributed by atoms with Gasteiger partial charge in [-0.15, -0.1) is 0 Å². The predicted octanol–water partition coefficient (Wildman–Crippen LogP) is 3.44. The smallest absolute Gasteiger partial charge is 0.258 e. The van der Waals surface area contributed by atoms with Gasteiger partial charge in [-0.05, 0) is 48.0 Å². The second kappa shape index (κ2) is 9.80. The molecule has 2 aromatic carbocycles. The Labute approximate surface area is 168 Å². The third-order valence-corrected chi connectivity index (χ3v) is 3.88. The largest absolute Gasteiger partial charge is 0.326 e. The maximum atomic E-state index is 12.7. The van der Waals surface area contributed by atoms with Crippen molar-refractivity contribution in [3.8, 4) is 0 Å². The van der Waals surface area contributed by atoms with Crippen molar-refractivity contribution in [1.82, 2.24) is 10.3 Å². The minimum absolute atomic E-state index is 0.201. The number of anilines is 2. The summed E-state index contributed by atoms with van der Waals surface area (Å²) in [7, 11) is 0. The second-order valence-corrected chi connectivity index (χ2v) is 6.23. The highest BCUT2D eigenvalue weighted by Gasteiger charge is 2.10. The quantitative estimate of drug-likeness (QED) is 0.462. The van der Waals surface area contributed by atoms with E-state index in [1.807, 2.05) is 42.5 Å². The number of guanidine groups is 1. The number of amides is 2. The summed E-state index contributed by atoms with van der Waals surface area (Å²) in [6.45, 7) is 1.80. The molecule has 0 atom stereocenters. The number of aliphatic imine (C=N–C) groups is 1. The number of carbonyl (C=O) groups is 2. The van der Waals surface area contributed by atoms with Gasteiger partial charge in [-0.2, -0.15) is 0 Å². The van der Waals surface area contributed by atoms with Gasteiger partial charge in [0.15, 0.2) is 0 Å². The molecule has 0 aliphatic rings. The van der Waals surface area contributed by atoms with E-state index >= 15 is 0 Å². The number of aromatic nitrogens is 1. The van der Waals surface area contributed by atoms with Crippen LogP contribution in [-0.4, -0.2) is 22.8 Å². The zero-order valence-corrected chi connectivity index (χ0v) is 15.9. The summed E-state index contributed by atoms with van der Waals surface area (Å²) in [4.78, 5) is 32.5. The number of carbonyl (C=O) groups excluding carboxylic acids is 2. The summed E-state index contributed by atoms with van der Waals surface area (Å²) in [5.41, 5.74) is 2.72. The molecule has 0 saturated heterocycles. The Morgan fingerprint density at radius 3 is 2.34 bits per heavy atom. The number of nitrogens with one attached hydrogen (secondary N) is 3. The first-order chi connectivity index (χ1) is 14.1. The molecule has 3 rings (SSSR count). The molecule has 1 heterocycles. The lowest BCUT2D eigenvalue weighted by Crippen LogP contribution is -2.36. The summed E-state index contributed by atoms with van der Waals surface area (Å²) in [5.74, 6) is -0.218. The molecule has 1 aromatic heterocycles. The van der Waals surface area contributed by atoms with E-state index in [4.69, 9.17) is 0 Å². The van der Waals surface area contributed by atoms with E-state index in [0.717, 1.165) is 11.3 Å². The van der Waals surface area contributed by atoms with Crippen LogP contribution in [0.15, 0.2) is 84.1 Å². The Bertz CT molecular complexity index is 1000. The maximum Gasteiger partial charge on any atom is 0.258 e. The van der Waals surface area contributed by atoms with Crippen LogP contribution in [0.1, 0.15) is 22.8 Å². The van der Waals surface area contributed by atoms with Crippen LogP contribution in [0.5, 0.6) is 0 Å². The number of pyridine rings is 1. The van der Waals surface area contributed by atoms with E-state index in [-0.39, 0.29) is 11.8 Å². The number of nitrogens with zero attached hydrogens (tertiary/aromatic N) is 2. The molecular weight excluding hydrogens is 366 g/mol. The van der Waals surface area contributed by atoms with Crippen molar-refractivity contribution in [2.45, 2.75) is 13.5 Å². The summed E-state index contributed by atoms with van der Waals surface area (Å²) in [6, 6.07) is 19.9. The maximum absolute atomic E-state index is 12.7. The molecular formula is C22H21N5O2. The van der Waals surface area contributed by atoms with E-state index in [1.54, 1.807) is 36.7 Å². The van der Waals surface area contributed by atoms with Crippen LogP contribution in [-0.2, 0) is 11.3 Å². The number of hydrogen-bond donors (Lipinski definition) is 3. The molecule has 2 amide bonds. The fourth-order valence-corrected chi connectivity index (χ4v) is 2.55. The van der Waals surface area contributed by atoms with E-state index in [9.17, 15) is 9.59 Å². The van der Waals surface area contributed by atoms with Gasteiger partial charge in [0.25, 0.3) is 5.91 Å². The highest BCUT2D eigenvalue weighted by Crippen LogP contribution is 2.11. The molecule has 0 aliphatic carbocycles. The average molecular weight is 387 g/mol. The number of benzene rings is 2. The van der Waals surface area contributed by atoms with Gasteiger partial charge < -0.3 is 10.6 Å². The number of rotatable bonds is 5. The molecule has 7 heteroatoms. The third kappa shape index (κ3) is 6.28. The molecule has 0 saturated carbocycles. The minimum atomic E-state index is -0.339. The molecule has 0 bridgehead atoms. The standard InChI is InChI=1S/C22H21N5O2/c1-16(28)25-20-9-5-6-18(14-20)21(29)27-22(26-19-7-3-2-4-8-19)24-15-17-10-12-23-13-11-17/h2-14H,15H2,1H3,(H,25,28)(H2,24,26,27,29). The molecule has 0 fully saturated rings. The summed E-state index contributed by atoms with van der Waals surface area (Å²) in [6.07, 6.45) is 3.39. The van der Waals surface area contributed by atoms with E-state index in [0.29, 0.717) is 23.8 Å². The van der Waals surface area contributed by atoms with Crippen molar-refractivity contribution in [1.29, 1.82) is 0 Å². The van der Waals surface area contributed by atoms with Crippen molar-refractivity contribution in [2.75, 3.05) is 10.6 Å². The lowest BCUT2D eigenvalue weighted by Gasteiger charge is -2.12. The Morgan fingerprint density at radius 2 is 1.62 bits per heavy atom. The van der Waals surface area contributed by atoms with Gasteiger partial charge >= 0.3 is 0 Å². The van der Waals surface area contributed by atoms with Crippen LogP contribution < -0.4 is 16.0 Å². The van der Waals surface area contributed by atoms with Crippen molar-refractivity contribution < 1.29 is 9.59 Å². The highest BCUT2D eigenvalue weighted by molar-refractivity contribution is 6.10. The van der Waals surface area contributed by atoms with Crippen LogP contribution >= 0.6 is 0 Å². The fourth-order valence-electron chi connectivity index (χ4n) is 2.55. The summed E-state index contributed by atoms with van der Waals surface area (Å²) in [5, 5.41) is 8.60. The first-order valence-electron chi connectivity index (χ1n) is 9.04. The van der Waals surface area contributed by atoms with Gasteiger partial charge in [0.05, 0.1) is 6.54 Å². The summed E-state index contributed by atoms with van der Waals surface area (Å²) < 4.78 is 0. The van der Waals surface area contributed by atoms with Crippen molar-refractivity contribution in [3.63, 3.8) is 0 Å². The Balaban J connectivity index is 1.78. The Hall–Kier alpha value is -4.00. The molecule has 146 valence electrons. The fraction of sp³-hybridized carbons (Fsp3) is 0.0909. The van der Waals surface area contributed by atoms with Crippen molar-refractivity contribution >= 4 is 29.1 Å².